The molecule has 1 fully saturated rings. The number of nitrogens with zero attached hydrogens (tertiary/aromatic N) is 2. The largest absolute Gasteiger partial charge is 0.368 e. The monoisotopic (exact) mass is 387 g/mol. The minimum atomic E-state index is -3.48. The normalized spacial score (nSPS) is 15.0. The number of anilines is 1. The van der Waals surface area contributed by atoms with E-state index in [-0.39, 0.29) is 18.2 Å². The standard InChI is InChI=1S/C20H25N3O3S/c24-20(17-21-27(25,26)16-11-18-7-3-1-4-8-18)23-14-12-22(13-15-23)19-9-5-2-6-10-19/h1-10,21H,11-17H2. The first kappa shape index (κ1) is 19.4. The summed E-state index contributed by atoms with van der Waals surface area (Å²) in [5, 5.41) is 0. The van der Waals surface area contributed by atoms with Crippen molar-refractivity contribution in [2.75, 3.05) is 43.4 Å². The summed E-state index contributed by atoms with van der Waals surface area (Å²) in [6.07, 6.45) is 0.431. The molecule has 1 amide bonds. The molecule has 1 aliphatic rings. The van der Waals surface area contributed by atoms with Crippen LogP contribution in [0.5, 0.6) is 0 Å². The molecule has 0 bridgehead atoms. The van der Waals surface area contributed by atoms with Crippen LogP contribution in [-0.4, -0.2) is 57.7 Å². The first-order valence-electron chi connectivity index (χ1n) is 9.12. The number of hydrogen-bond acceptors (Lipinski definition) is 4. The zero-order chi connectivity index (χ0) is 19.1. The highest BCUT2D eigenvalue weighted by molar-refractivity contribution is 7.89. The summed E-state index contributed by atoms with van der Waals surface area (Å²) in [5.74, 6) is -0.197. The molecular weight excluding hydrogens is 362 g/mol. The number of amides is 1. The zero-order valence-electron chi connectivity index (χ0n) is 15.3. The summed E-state index contributed by atoms with van der Waals surface area (Å²) < 4.78 is 26.7. The van der Waals surface area contributed by atoms with E-state index in [4.69, 9.17) is 0 Å². The van der Waals surface area contributed by atoms with Crippen LogP contribution in [0.3, 0.4) is 0 Å². The van der Waals surface area contributed by atoms with Crippen LogP contribution in [0.15, 0.2) is 60.7 Å². The molecule has 2 aromatic rings. The molecule has 1 heterocycles. The van der Waals surface area contributed by atoms with Gasteiger partial charge in [0.2, 0.25) is 15.9 Å². The van der Waals surface area contributed by atoms with Crippen molar-refractivity contribution in [2.45, 2.75) is 6.42 Å². The van der Waals surface area contributed by atoms with E-state index < -0.39 is 10.0 Å². The number of carbonyl (C=O) groups is 1. The van der Waals surface area contributed by atoms with Gasteiger partial charge in [0, 0.05) is 31.9 Å². The Morgan fingerprint density at radius 1 is 0.889 bits per heavy atom. The molecule has 27 heavy (non-hydrogen) atoms. The Bertz CT molecular complexity index is 833. The van der Waals surface area contributed by atoms with Gasteiger partial charge in [-0.3, -0.25) is 4.79 Å². The third-order valence-electron chi connectivity index (χ3n) is 4.70. The topological polar surface area (TPSA) is 69.7 Å². The summed E-state index contributed by atoms with van der Waals surface area (Å²) >= 11 is 0. The quantitative estimate of drug-likeness (QED) is 0.782. The van der Waals surface area contributed by atoms with Crippen LogP contribution in [0.2, 0.25) is 0 Å². The van der Waals surface area contributed by atoms with E-state index in [1.807, 2.05) is 48.5 Å². The first-order chi connectivity index (χ1) is 13.0. The van der Waals surface area contributed by atoms with Gasteiger partial charge in [-0.25, -0.2) is 13.1 Å². The van der Waals surface area contributed by atoms with Crippen molar-refractivity contribution in [1.82, 2.24) is 9.62 Å². The number of rotatable bonds is 7. The van der Waals surface area contributed by atoms with Gasteiger partial charge in [-0.2, -0.15) is 0 Å². The molecule has 0 spiro atoms. The molecular formula is C20H25N3O3S. The van der Waals surface area contributed by atoms with E-state index in [1.54, 1.807) is 4.90 Å². The smallest absolute Gasteiger partial charge is 0.237 e. The maximum Gasteiger partial charge on any atom is 0.237 e. The van der Waals surface area contributed by atoms with Crippen LogP contribution in [0.4, 0.5) is 5.69 Å². The number of benzene rings is 2. The van der Waals surface area contributed by atoms with Gasteiger partial charge < -0.3 is 9.80 Å². The lowest BCUT2D eigenvalue weighted by Gasteiger charge is -2.36. The van der Waals surface area contributed by atoms with Crippen LogP contribution >= 0.6 is 0 Å². The molecule has 0 aromatic heterocycles. The molecule has 3 rings (SSSR count). The second-order valence-corrected chi connectivity index (χ2v) is 8.51. The number of sulfonamides is 1. The van der Waals surface area contributed by atoms with E-state index in [9.17, 15) is 13.2 Å². The van der Waals surface area contributed by atoms with Gasteiger partial charge in [0.1, 0.15) is 0 Å². The second kappa shape index (κ2) is 9.01. The van der Waals surface area contributed by atoms with Crippen molar-refractivity contribution in [2.24, 2.45) is 0 Å². The second-order valence-electron chi connectivity index (χ2n) is 6.58. The maximum atomic E-state index is 12.3. The summed E-state index contributed by atoms with van der Waals surface area (Å²) in [6.45, 7) is 2.51. The number of aryl methyl sites for hydroxylation is 1. The Balaban J connectivity index is 1.43. The highest BCUT2D eigenvalue weighted by atomic mass is 32.2. The number of carbonyl (C=O) groups excluding carboxylic acids is 1. The van der Waals surface area contributed by atoms with Crippen molar-refractivity contribution in [3.8, 4) is 0 Å². The minimum Gasteiger partial charge on any atom is -0.368 e. The van der Waals surface area contributed by atoms with E-state index >= 15 is 0 Å². The molecule has 1 aliphatic heterocycles. The minimum absolute atomic E-state index is 0.0217. The van der Waals surface area contributed by atoms with Crippen molar-refractivity contribution >= 4 is 21.6 Å². The SMILES string of the molecule is O=C(CNS(=O)(=O)CCc1ccccc1)N1CCN(c2ccccc2)CC1. The lowest BCUT2D eigenvalue weighted by molar-refractivity contribution is -0.130. The van der Waals surface area contributed by atoms with Gasteiger partial charge in [-0.15, -0.1) is 0 Å². The molecule has 0 radical (unpaired) electrons. The predicted molar refractivity (Wildman–Crippen MR) is 107 cm³/mol. The average Bonchev–Trinajstić information content (AvgIpc) is 2.72. The summed E-state index contributed by atoms with van der Waals surface area (Å²) in [6, 6.07) is 19.5. The third-order valence-corrected chi connectivity index (χ3v) is 6.03. The molecule has 1 N–H and O–H groups in total. The van der Waals surface area contributed by atoms with Gasteiger partial charge in [0.25, 0.3) is 0 Å². The first-order valence-corrected chi connectivity index (χ1v) is 10.8. The van der Waals surface area contributed by atoms with Crippen LogP contribution in [0, 0.1) is 0 Å². The Labute approximate surface area is 160 Å². The Kier molecular flexibility index (Phi) is 6.47. The number of piperazine rings is 1. The lowest BCUT2D eigenvalue weighted by atomic mass is 10.2. The number of hydrogen-bond donors (Lipinski definition) is 1. The maximum absolute atomic E-state index is 12.3. The highest BCUT2D eigenvalue weighted by Gasteiger charge is 2.22. The molecule has 0 atom stereocenters. The highest BCUT2D eigenvalue weighted by Crippen LogP contribution is 2.15. The van der Waals surface area contributed by atoms with E-state index in [2.05, 4.69) is 21.8 Å². The number of para-hydroxylation sites is 1. The molecule has 144 valence electrons. The fourth-order valence-corrected chi connectivity index (χ4v) is 4.10. The third kappa shape index (κ3) is 5.80. The molecule has 0 saturated carbocycles. The Morgan fingerprint density at radius 2 is 1.48 bits per heavy atom. The molecule has 2 aromatic carbocycles. The van der Waals surface area contributed by atoms with Gasteiger partial charge >= 0.3 is 0 Å². The van der Waals surface area contributed by atoms with Gasteiger partial charge in [-0.1, -0.05) is 48.5 Å². The Hall–Kier alpha value is -2.38. The summed E-state index contributed by atoms with van der Waals surface area (Å²) in [4.78, 5) is 16.3. The average molecular weight is 388 g/mol. The van der Waals surface area contributed by atoms with E-state index in [0.717, 1.165) is 24.3 Å². The fourth-order valence-electron chi connectivity index (χ4n) is 3.11. The molecule has 7 heteroatoms. The molecule has 0 unspecified atom stereocenters. The zero-order valence-corrected chi connectivity index (χ0v) is 16.1. The molecule has 1 saturated heterocycles. The van der Waals surface area contributed by atoms with Crippen molar-refractivity contribution in [3.05, 3.63) is 66.2 Å². The van der Waals surface area contributed by atoms with Gasteiger partial charge in [0.15, 0.2) is 0 Å². The van der Waals surface area contributed by atoms with Crippen molar-refractivity contribution in [1.29, 1.82) is 0 Å². The number of nitrogens with one attached hydrogen (secondary N) is 1. The van der Waals surface area contributed by atoms with E-state index in [1.165, 1.54) is 0 Å². The van der Waals surface area contributed by atoms with Crippen LogP contribution in [-0.2, 0) is 21.2 Å². The van der Waals surface area contributed by atoms with Crippen molar-refractivity contribution in [3.63, 3.8) is 0 Å². The summed E-state index contributed by atoms with van der Waals surface area (Å²) in [7, 11) is -3.48. The van der Waals surface area contributed by atoms with Crippen LogP contribution in [0.1, 0.15) is 5.56 Å². The Morgan fingerprint density at radius 3 is 2.11 bits per heavy atom. The van der Waals surface area contributed by atoms with Gasteiger partial charge in [-0.05, 0) is 24.1 Å². The van der Waals surface area contributed by atoms with E-state index in [0.29, 0.717) is 19.5 Å². The van der Waals surface area contributed by atoms with Crippen LogP contribution in [0.25, 0.3) is 0 Å². The molecule has 6 nitrogen and oxygen atoms in total. The van der Waals surface area contributed by atoms with Gasteiger partial charge in [0.05, 0.1) is 12.3 Å². The molecule has 0 aliphatic carbocycles. The van der Waals surface area contributed by atoms with Crippen LogP contribution < -0.4 is 9.62 Å². The lowest BCUT2D eigenvalue weighted by Crippen LogP contribution is -2.51. The summed E-state index contributed by atoms with van der Waals surface area (Å²) in [5.41, 5.74) is 2.11. The predicted octanol–water partition coefficient (Wildman–Crippen LogP) is 1.50. The van der Waals surface area contributed by atoms with Crippen molar-refractivity contribution < 1.29 is 13.2 Å². The fraction of sp³-hybridized carbons (Fsp3) is 0.350.